The van der Waals surface area contributed by atoms with E-state index in [2.05, 4.69) is 10.6 Å². The van der Waals surface area contributed by atoms with Gasteiger partial charge in [-0.1, -0.05) is 37.0 Å². The Hall–Kier alpha value is -1.26. The van der Waals surface area contributed by atoms with E-state index in [1.807, 2.05) is 0 Å². The van der Waals surface area contributed by atoms with Crippen LogP contribution in [-0.4, -0.2) is 18.4 Å². The first-order valence-corrected chi connectivity index (χ1v) is 6.18. The normalized spacial score (nSPS) is 10.3. The zero-order valence-electron chi connectivity index (χ0n) is 10.1. The maximum Gasteiger partial charge on any atom is 0.319 e. The van der Waals surface area contributed by atoms with Crippen molar-refractivity contribution in [1.82, 2.24) is 5.32 Å². The molecule has 98 valence electrons. The summed E-state index contributed by atoms with van der Waals surface area (Å²) >= 11 is 11.6. The van der Waals surface area contributed by atoms with Gasteiger partial charge in [-0.2, -0.15) is 0 Å². The molecule has 0 aliphatic heterocycles. The predicted molar refractivity (Wildman–Crippen MR) is 73.3 cm³/mol. The topological polar surface area (TPSA) is 58.2 Å². The molecule has 1 aromatic rings. The molecular formula is C12H14Cl2N2O2. The van der Waals surface area contributed by atoms with E-state index in [1.165, 1.54) is 6.07 Å². The third kappa shape index (κ3) is 4.55. The van der Waals surface area contributed by atoms with E-state index in [1.54, 1.807) is 26.0 Å². The van der Waals surface area contributed by atoms with E-state index >= 15 is 0 Å². The molecule has 18 heavy (non-hydrogen) atoms. The van der Waals surface area contributed by atoms with Gasteiger partial charge in [-0.05, 0) is 18.2 Å². The number of hydrogen-bond acceptors (Lipinski definition) is 2. The summed E-state index contributed by atoms with van der Waals surface area (Å²) in [5, 5.41) is 5.80. The lowest BCUT2D eigenvalue weighted by Gasteiger charge is -2.09. The molecule has 1 aromatic carbocycles. The van der Waals surface area contributed by atoms with Gasteiger partial charge in [0.15, 0.2) is 5.78 Å². The molecule has 0 heterocycles. The standard InChI is InChI=1S/C12H14Cl2N2O2/c1-7(2)11(17)6-15-12(18)16-8-3-4-9(13)10(14)5-8/h3-5,7H,6H2,1-2H3,(H2,15,16,18). The maximum atomic E-state index is 11.5. The first kappa shape index (κ1) is 14.8. The lowest BCUT2D eigenvalue weighted by molar-refractivity contribution is -0.120. The van der Waals surface area contributed by atoms with E-state index in [9.17, 15) is 9.59 Å². The van der Waals surface area contributed by atoms with Crippen molar-refractivity contribution in [1.29, 1.82) is 0 Å². The van der Waals surface area contributed by atoms with Crippen LogP contribution in [0.25, 0.3) is 0 Å². The lowest BCUT2D eigenvalue weighted by Crippen LogP contribution is -2.34. The number of nitrogens with one attached hydrogen (secondary N) is 2. The quantitative estimate of drug-likeness (QED) is 0.893. The number of anilines is 1. The fraction of sp³-hybridized carbons (Fsp3) is 0.333. The second-order valence-electron chi connectivity index (χ2n) is 4.06. The largest absolute Gasteiger partial charge is 0.331 e. The van der Waals surface area contributed by atoms with E-state index in [4.69, 9.17) is 23.2 Å². The van der Waals surface area contributed by atoms with Crippen molar-refractivity contribution in [3.8, 4) is 0 Å². The Morgan fingerprint density at radius 1 is 1.22 bits per heavy atom. The smallest absolute Gasteiger partial charge is 0.319 e. The first-order valence-electron chi connectivity index (χ1n) is 5.42. The molecule has 4 nitrogen and oxygen atoms in total. The molecule has 0 spiro atoms. The minimum Gasteiger partial charge on any atom is -0.331 e. The Kier molecular flexibility index (Phi) is 5.44. The van der Waals surface area contributed by atoms with Crippen LogP contribution < -0.4 is 10.6 Å². The Labute approximate surface area is 116 Å². The molecule has 0 atom stereocenters. The van der Waals surface area contributed by atoms with Gasteiger partial charge in [0, 0.05) is 11.6 Å². The molecule has 0 aromatic heterocycles. The summed E-state index contributed by atoms with van der Waals surface area (Å²) in [4.78, 5) is 22.8. The summed E-state index contributed by atoms with van der Waals surface area (Å²) in [5.74, 6) is -0.130. The van der Waals surface area contributed by atoms with Gasteiger partial charge in [0.1, 0.15) is 0 Å². The fourth-order valence-corrected chi connectivity index (χ4v) is 1.42. The molecule has 1 rings (SSSR count). The molecule has 0 unspecified atom stereocenters. The third-order valence-electron chi connectivity index (χ3n) is 2.24. The summed E-state index contributed by atoms with van der Waals surface area (Å²) < 4.78 is 0. The van der Waals surface area contributed by atoms with Gasteiger partial charge in [-0.3, -0.25) is 4.79 Å². The number of urea groups is 1. The monoisotopic (exact) mass is 288 g/mol. The first-order chi connectivity index (χ1) is 8.40. The van der Waals surface area contributed by atoms with Crippen LogP contribution >= 0.6 is 23.2 Å². The van der Waals surface area contributed by atoms with Crippen molar-refractivity contribution in [3.05, 3.63) is 28.2 Å². The number of rotatable bonds is 4. The van der Waals surface area contributed by atoms with Crippen molar-refractivity contribution in [2.24, 2.45) is 5.92 Å². The summed E-state index contributed by atoms with van der Waals surface area (Å²) in [7, 11) is 0. The van der Waals surface area contributed by atoms with E-state index < -0.39 is 6.03 Å². The van der Waals surface area contributed by atoms with Crippen LogP contribution in [0.1, 0.15) is 13.8 Å². The van der Waals surface area contributed by atoms with Crippen molar-refractivity contribution < 1.29 is 9.59 Å². The zero-order chi connectivity index (χ0) is 13.7. The van der Waals surface area contributed by atoms with Crippen LogP contribution in [0.4, 0.5) is 10.5 Å². The van der Waals surface area contributed by atoms with Crippen LogP contribution in [0.3, 0.4) is 0 Å². The van der Waals surface area contributed by atoms with Gasteiger partial charge in [-0.25, -0.2) is 4.79 Å². The highest BCUT2D eigenvalue weighted by Crippen LogP contribution is 2.24. The highest BCUT2D eigenvalue weighted by Gasteiger charge is 2.09. The molecule has 0 aliphatic carbocycles. The van der Waals surface area contributed by atoms with E-state index in [-0.39, 0.29) is 18.2 Å². The number of Topliss-reactive ketones (excluding diaryl/α,β-unsaturated/α-hetero) is 1. The number of halogens is 2. The van der Waals surface area contributed by atoms with E-state index in [0.717, 1.165) is 0 Å². The van der Waals surface area contributed by atoms with Gasteiger partial charge in [0.25, 0.3) is 0 Å². The van der Waals surface area contributed by atoms with Gasteiger partial charge in [0.05, 0.1) is 16.6 Å². The SMILES string of the molecule is CC(C)C(=O)CNC(=O)Nc1ccc(Cl)c(Cl)c1. The second-order valence-corrected chi connectivity index (χ2v) is 4.87. The van der Waals surface area contributed by atoms with Crippen LogP contribution in [0.15, 0.2) is 18.2 Å². The molecule has 2 amide bonds. The average Bonchev–Trinajstić information content (AvgIpc) is 2.30. The third-order valence-corrected chi connectivity index (χ3v) is 2.98. The van der Waals surface area contributed by atoms with Crippen molar-refractivity contribution >= 4 is 40.7 Å². The molecule has 0 aliphatic rings. The average molecular weight is 289 g/mol. The van der Waals surface area contributed by atoms with Crippen LogP contribution in [-0.2, 0) is 4.79 Å². The van der Waals surface area contributed by atoms with E-state index in [0.29, 0.717) is 15.7 Å². The number of carbonyl (C=O) groups is 2. The van der Waals surface area contributed by atoms with Crippen LogP contribution in [0.2, 0.25) is 10.0 Å². The summed E-state index contributed by atoms with van der Waals surface area (Å²) in [6.07, 6.45) is 0. The number of hydrogen-bond donors (Lipinski definition) is 2. The number of benzene rings is 1. The second kappa shape index (κ2) is 6.61. The molecular weight excluding hydrogens is 275 g/mol. The molecule has 6 heteroatoms. The molecule has 2 N–H and O–H groups in total. The Morgan fingerprint density at radius 3 is 2.44 bits per heavy atom. The fourth-order valence-electron chi connectivity index (χ4n) is 1.12. The van der Waals surface area contributed by atoms with Gasteiger partial charge in [-0.15, -0.1) is 0 Å². The van der Waals surface area contributed by atoms with Crippen LogP contribution in [0, 0.1) is 5.92 Å². The molecule has 0 bridgehead atoms. The maximum absolute atomic E-state index is 11.5. The summed E-state index contributed by atoms with van der Waals surface area (Å²) in [6, 6.07) is 4.28. The molecule has 0 radical (unpaired) electrons. The van der Waals surface area contributed by atoms with Gasteiger partial charge >= 0.3 is 6.03 Å². The van der Waals surface area contributed by atoms with Gasteiger partial charge < -0.3 is 10.6 Å². The molecule has 0 saturated carbocycles. The predicted octanol–water partition coefficient (Wildman–Crippen LogP) is 3.34. The van der Waals surface area contributed by atoms with Gasteiger partial charge in [0.2, 0.25) is 0 Å². The van der Waals surface area contributed by atoms with Crippen molar-refractivity contribution in [2.45, 2.75) is 13.8 Å². The Morgan fingerprint density at radius 2 is 1.89 bits per heavy atom. The number of carbonyl (C=O) groups excluding carboxylic acids is 2. The molecule has 0 saturated heterocycles. The number of amides is 2. The lowest BCUT2D eigenvalue weighted by atomic mass is 10.1. The summed E-state index contributed by atoms with van der Waals surface area (Å²) in [6.45, 7) is 3.56. The highest BCUT2D eigenvalue weighted by molar-refractivity contribution is 6.42. The Balaban J connectivity index is 2.49. The van der Waals surface area contributed by atoms with Crippen molar-refractivity contribution in [3.63, 3.8) is 0 Å². The number of ketones is 1. The highest BCUT2D eigenvalue weighted by atomic mass is 35.5. The van der Waals surface area contributed by atoms with Crippen molar-refractivity contribution in [2.75, 3.05) is 11.9 Å². The minimum atomic E-state index is -0.456. The van der Waals surface area contributed by atoms with Crippen LogP contribution in [0.5, 0.6) is 0 Å². The zero-order valence-corrected chi connectivity index (χ0v) is 11.6. The summed E-state index contributed by atoms with van der Waals surface area (Å²) in [5.41, 5.74) is 0.513. The Bertz CT molecular complexity index is 461. The minimum absolute atomic E-state index is 0.00478. The molecule has 0 fully saturated rings.